The maximum Gasteiger partial charge on any atom is 0.227 e. The lowest BCUT2D eigenvalue weighted by Gasteiger charge is -2.23. The van der Waals surface area contributed by atoms with Crippen molar-refractivity contribution in [3.05, 3.63) is 65.7 Å². The van der Waals surface area contributed by atoms with Gasteiger partial charge in [-0.15, -0.1) is 0 Å². The molecule has 1 unspecified atom stereocenters. The van der Waals surface area contributed by atoms with Crippen molar-refractivity contribution in [2.24, 2.45) is 0 Å². The molecule has 0 aliphatic rings. The maximum atomic E-state index is 13.8. The number of amides is 1. The third-order valence-electron chi connectivity index (χ3n) is 4.40. The van der Waals surface area contributed by atoms with E-state index < -0.39 is 5.82 Å². The summed E-state index contributed by atoms with van der Waals surface area (Å²) in [5.41, 5.74) is 1.40. The van der Waals surface area contributed by atoms with Crippen molar-refractivity contribution in [3.63, 3.8) is 0 Å². The topological polar surface area (TPSA) is 42.7 Å². The molecule has 0 radical (unpaired) electrons. The van der Waals surface area contributed by atoms with Crippen molar-refractivity contribution in [2.45, 2.75) is 19.4 Å². The first-order chi connectivity index (χ1) is 12.0. The minimum Gasteiger partial charge on any atom is -0.494 e. The summed E-state index contributed by atoms with van der Waals surface area (Å²) in [5, 5.41) is 1.00. The molecule has 0 saturated heterocycles. The Morgan fingerprint density at radius 2 is 2.00 bits per heavy atom. The molecule has 3 rings (SSSR count). The normalized spacial score (nSPS) is 12.2. The van der Waals surface area contributed by atoms with Gasteiger partial charge in [0, 0.05) is 12.4 Å². The van der Waals surface area contributed by atoms with Gasteiger partial charge < -0.3 is 14.1 Å². The molecule has 0 aliphatic heterocycles. The predicted octanol–water partition coefficient (Wildman–Crippen LogP) is 4.34. The summed E-state index contributed by atoms with van der Waals surface area (Å²) < 4.78 is 24.5. The van der Waals surface area contributed by atoms with E-state index in [2.05, 4.69) is 0 Å². The maximum absolute atomic E-state index is 13.8. The fourth-order valence-electron chi connectivity index (χ4n) is 2.73. The molecule has 3 aromatic rings. The molecule has 4 nitrogen and oxygen atoms in total. The van der Waals surface area contributed by atoms with Gasteiger partial charge in [-0.1, -0.05) is 24.3 Å². The zero-order chi connectivity index (χ0) is 18.0. The number of benzene rings is 2. The molecule has 1 amide bonds. The molecule has 1 aromatic heterocycles. The first kappa shape index (κ1) is 17.0. The highest BCUT2D eigenvalue weighted by Crippen LogP contribution is 2.27. The summed E-state index contributed by atoms with van der Waals surface area (Å²) in [7, 11) is 3.13. The Kier molecular flexibility index (Phi) is 4.74. The second-order valence-electron chi connectivity index (χ2n) is 6.01. The number of fused-ring (bicyclic) bond motifs is 1. The first-order valence-corrected chi connectivity index (χ1v) is 8.06. The second kappa shape index (κ2) is 6.97. The zero-order valence-electron chi connectivity index (χ0n) is 14.5. The highest BCUT2D eigenvalue weighted by atomic mass is 19.1. The van der Waals surface area contributed by atoms with Crippen molar-refractivity contribution in [1.29, 1.82) is 0 Å². The summed E-state index contributed by atoms with van der Waals surface area (Å²) in [5.74, 6) is 0.302. The Balaban J connectivity index is 1.73. The standard InChI is InChI=1S/C20H20FNO3/c1-13(19-12-15-6-4-5-7-17(15)25-19)22(2)20(23)11-14-8-9-18(24-3)16(21)10-14/h4-10,12-13H,11H2,1-3H3. The summed E-state index contributed by atoms with van der Waals surface area (Å²) in [6.45, 7) is 1.91. The van der Waals surface area contributed by atoms with Gasteiger partial charge in [-0.3, -0.25) is 4.79 Å². The van der Waals surface area contributed by atoms with Crippen molar-refractivity contribution in [3.8, 4) is 5.75 Å². The Hall–Kier alpha value is -2.82. The third kappa shape index (κ3) is 3.50. The molecule has 130 valence electrons. The Morgan fingerprint density at radius 3 is 2.68 bits per heavy atom. The number of para-hydroxylation sites is 1. The number of furan rings is 1. The number of nitrogens with zero attached hydrogens (tertiary/aromatic N) is 1. The Bertz CT molecular complexity index is 870. The molecule has 1 heterocycles. The number of carbonyl (C=O) groups is 1. The van der Waals surface area contributed by atoms with E-state index in [1.807, 2.05) is 37.3 Å². The Labute approximate surface area is 145 Å². The van der Waals surface area contributed by atoms with Crippen LogP contribution >= 0.6 is 0 Å². The number of halogens is 1. The number of hydrogen-bond donors (Lipinski definition) is 0. The third-order valence-corrected chi connectivity index (χ3v) is 4.40. The van der Waals surface area contributed by atoms with Crippen LogP contribution in [0.25, 0.3) is 11.0 Å². The lowest BCUT2D eigenvalue weighted by atomic mass is 10.1. The van der Waals surface area contributed by atoms with Crippen molar-refractivity contribution in [2.75, 3.05) is 14.2 Å². The van der Waals surface area contributed by atoms with Crippen LogP contribution in [0, 0.1) is 5.82 Å². The number of methoxy groups -OCH3 is 1. The summed E-state index contributed by atoms with van der Waals surface area (Å²) in [6.07, 6.45) is 0.113. The van der Waals surface area contributed by atoms with Gasteiger partial charge >= 0.3 is 0 Å². The van der Waals surface area contributed by atoms with Crippen LogP contribution in [0.4, 0.5) is 4.39 Å². The molecular formula is C20H20FNO3. The molecule has 0 bridgehead atoms. The molecule has 0 spiro atoms. The van der Waals surface area contributed by atoms with Gasteiger partial charge in [-0.25, -0.2) is 4.39 Å². The summed E-state index contributed by atoms with van der Waals surface area (Å²) in [4.78, 5) is 14.1. The van der Waals surface area contributed by atoms with Gasteiger partial charge in [0.2, 0.25) is 5.91 Å². The van der Waals surface area contributed by atoms with Gasteiger partial charge in [0.15, 0.2) is 11.6 Å². The number of rotatable bonds is 5. The average Bonchev–Trinajstić information content (AvgIpc) is 3.04. The Morgan fingerprint density at radius 1 is 1.24 bits per heavy atom. The molecule has 2 aromatic carbocycles. The van der Waals surface area contributed by atoms with Crippen molar-refractivity contribution < 1.29 is 18.3 Å². The van der Waals surface area contributed by atoms with Crippen LogP contribution in [0.15, 0.2) is 52.9 Å². The summed E-state index contributed by atoms with van der Waals surface area (Å²) in [6, 6.07) is 14.0. The predicted molar refractivity (Wildman–Crippen MR) is 94.1 cm³/mol. The molecule has 5 heteroatoms. The smallest absolute Gasteiger partial charge is 0.227 e. The molecule has 0 fully saturated rings. The van der Waals surface area contributed by atoms with Gasteiger partial charge in [-0.2, -0.15) is 0 Å². The van der Waals surface area contributed by atoms with Crippen molar-refractivity contribution in [1.82, 2.24) is 4.90 Å². The van der Waals surface area contributed by atoms with Crippen molar-refractivity contribution >= 4 is 16.9 Å². The van der Waals surface area contributed by atoms with E-state index in [1.54, 1.807) is 18.0 Å². The van der Waals surface area contributed by atoms with E-state index in [9.17, 15) is 9.18 Å². The van der Waals surface area contributed by atoms with Crippen LogP contribution < -0.4 is 4.74 Å². The van der Waals surface area contributed by atoms with E-state index in [4.69, 9.17) is 9.15 Å². The number of likely N-dealkylation sites (N-methyl/N-ethyl adjacent to an activating group) is 1. The summed E-state index contributed by atoms with van der Waals surface area (Å²) >= 11 is 0. The minimum absolute atomic E-state index is 0.113. The molecular weight excluding hydrogens is 321 g/mol. The van der Waals surface area contributed by atoms with Crippen LogP contribution in [-0.2, 0) is 11.2 Å². The van der Waals surface area contributed by atoms with E-state index >= 15 is 0 Å². The monoisotopic (exact) mass is 341 g/mol. The van der Waals surface area contributed by atoms with Crippen LogP contribution in [0.3, 0.4) is 0 Å². The van der Waals surface area contributed by atoms with E-state index in [1.165, 1.54) is 19.2 Å². The highest BCUT2D eigenvalue weighted by Gasteiger charge is 2.21. The second-order valence-corrected chi connectivity index (χ2v) is 6.01. The van der Waals surface area contributed by atoms with E-state index in [0.29, 0.717) is 5.56 Å². The van der Waals surface area contributed by atoms with Crippen LogP contribution in [0.2, 0.25) is 0 Å². The average molecular weight is 341 g/mol. The molecule has 1 atom stereocenters. The largest absolute Gasteiger partial charge is 0.494 e. The molecule has 0 saturated carbocycles. The number of ether oxygens (including phenoxy) is 1. The highest BCUT2D eigenvalue weighted by molar-refractivity contribution is 5.80. The van der Waals surface area contributed by atoms with E-state index in [0.717, 1.165) is 16.7 Å². The quantitative estimate of drug-likeness (QED) is 0.693. The SMILES string of the molecule is COc1ccc(CC(=O)N(C)C(C)c2cc3ccccc3o2)cc1F. The molecule has 25 heavy (non-hydrogen) atoms. The lowest BCUT2D eigenvalue weighted by Crippen LogP contribution is -2.30. The zero-order valence-corrected chi connectivity index (χ0v) is 14.5. The number of hydrogen-bond acceptors (Lipinski definition) is 3. The molecule has 0 aliphatic carbocycles. The van der Waals surface area contributed by atoms with Gasteiger partial charge in [0.05, 0.1) is 19.6 Å². The first-order valence-electron chi connectivity index (χ1n) is 8.06. The van der Waals surface area contributed by atoms with Crippen LogP contribution in [0.5, 0.6) is 5.75 Å². The van der Waals surface area contributed by atoms with Gasteiger partial charge in [0.25, 0.3) is 0 Å². The lowest BCUT2D eigenvalue weighted by molar-refractivity contribution is -0.131. The fourth-order valence-corrected chi connectivity index (χ4v) is 2.73. The van der Waals surface area contributed by atoms with Crippen LogP contribution in [0.1, 0.15) is 24.3 Å². The number of carbonyl (C=O) groups excluding carboxylic acids is 1. The molecule has 0 N–H and O–H groups in total. The van der Waals surface area contributed by atoms with Gasteiger partial charge in [-0.05, 0) is 36.8 Å². The minimum atomic E-state index is -0.471. The van der Waals surface area contributed by atoms with E-state index in [-0.39, 0.29) is 24.1 Å². The fraction of sp³-hybridized carbons (Fsp3) is 0.250. The van der Waals surface area contributed by atoms with Crippen LogP contribution in [-0.4, -0.2) is 25.0 Å². The van der Waals surface area contributed by atoms with Gasteiger partial charge in [0.1, 0.15) is 11.3 Å².